The maximum atomic E-state index is 12.2. The molecule has 6 heteroatoms. The number of oxazole rings is 1. The zero-order valence-corrected chi connectivity index (χ0v) is 14.0. The summed E-state index contributed by atoms with van der Waals surface area (Å²) >= 11 is 0. The van der Waals surface area contributed by atoms with Crippen molar-refractivity contribution < 1.29 is 14.0 Å². The van der Waals surface area contributed by atoms with E-state index in [2.05, 4.69) is 10.3 Å². The van der Waals surface area contributed by atoms with E-state index >= 15 is 0 Å². The molecule has 2 amide bonds. The van der Waals surface area contributed by atoms with Crippen molar-refractivity contribution in [2.24, 2.45) is 5.92 Å². The number of hydrogen-bond donors (Lipinski definition) is 1. The third kappa shape index (κ3) is 5.87. The first-order chi connectivity index (χ1) is 10.5. The van der Waals surface area contributed by atoms with Crippen molar-refractivity contribution in [1.29, 1.82) is 0 Å². The Balaban J connectivity index is 2.68. The van der Waals surface area contributed by atoms with Crippen LogP contribution in [0.5, 0.6) is 0 Å². The predicted molar refractivity (Wildman–Crippen MR) is 84.3 cm³/mol. The Kier molecular flexibility index (Phi) is 7.63. The van der Waals surface area contributed by atoms with Gasteiger partial charge < -0.3 is 14.6 Å². The Labute approximate surface area is 132 Å². The molecule has 0 unspecified atom stereocenters. The van der Waals surface area contributed by atoms with Gasteiger partial charge in [-0.2, -0.15) is 0 Å². The molecule has 1 aromatic rings. The largest absolute Gasteiger partial charge is 0.446 e. The number of rotatable bonds is 9. The van der Waals surface area contributed by atoms with Gasteiger partial charge in [0.15, 0.2) is 5.69 Å². The fourth-order valence-electron chi connectivity index (χ4n) is 2.02. The Morgan fingerprint density at radius 1 is 1.32 bits per heavy atom. The van der Waals surface area contributed by atoms with Gasteiger partial charge in [0, 0.05) is 19.5 Å². The van der Waals surface area contributed by atoms with E-state index in [4.69, 9.17) is 4.42 Å². The molecule has 1 heterocycles. The number of hydrogen-bond acceptors (Lipinski definition) is 4. The van der Waals surface area contributed by atoms with Crippen LogP contribution in [-0.4, -0.2) is 34.8 Å². The lowest BCUT2D eigenvalue weighted by Gasteiger charge is -2.21. The number of aromatic nitrogens is 1. The molecular formula is C16H27N3O3. The van der Waals surface area contributed by atoms with Crippen LogP contribution in [0, 0.1) is 5.92 Å². The first-order valence-corrected chi connectivity index (χ1v) is 7.98. The number of carbonyl (C=O) groups is 2. The van der Waals surface area contributed by atoms with Gasteiger partial charge in [-0.05, 0) is 18.8 Å². The molecule has 1 N–H and O–H groups in total. The third-order valence-corrected chi connectivity index (χ3v) is 3.08. The van der Waals surface area contributed by atoms with Crippen LogP contribution in [0.2, 0.25) is 0 Å². The highest BCUT2D eigenvalue weighted by atomic mass is 16.3. The molecule has 0 aliphatic carbocycles. The van der Waals surface area contributed by atoms with Crippen LogP contribution in [0.25, 0.3) is 0 Å². The zero-order valence-electron chi connectivity index (χ0n) is 14.0. The van der Waals surface area contributed by atoms with Crippen LogP contribution in [0.15, 0.2) is 10.7 Å². The van der Waals surface area contributed by atoms with E-state index in [-0.39, 0.29) is 17.5 Å². The van der Waals surface area contributed by atoms with Gasteiger partial charge in [0.05, 0.1) is 6.54 Å². The van der Waals surface area contributed by atoms with Gasteiger partial charge in [-0.25, -0.2) is 4.98 Å². The highest BCUT2D eigenvalue weighted by Crippen LogP contribution is 2.10. The molecule has 0 saturated heterocycles. The van der Waals surface area contributed by atoms with Crippen molar-refractivity contribution in [3.63, 3.8) is 0 Å². The van der Waals surface area contributed by atoms with Crippen LogP contribution >= 0.6 is 0 Å². The van der Waals surface area contributed by atoms with E-state index in [0.717, 1.165) is 12.8 Å². The zero-order chi connectivity index (χ0) is 16.5. The summed E-state index contributed by atoms with van der Waals surface area (Å²) in [5, 5.41) is 2.75. The SMILES string of the molecule is CCCNC(=O)c1coc(CN(CCC)C(=O)CC(C)C)n1. The number of amides is 2. The average molecular weight is 309 g/mol. The maximum Gasteiger partial charge on any atom is 0.273 e. The highest BCUT2D eigenvalue weighted by Gasteiger charge is 2.18. The standard InChI is InChI=1S/C16H27N3O3/c1-5-7-17-16(21)13-11-22-14(18-13)10-19(8-6-2)15(20)9-12(3)4/h11-12H,5-10H2,1-4H3,(H,17,21). The lowest BCUT2D eigenvalue weighted by Crippen LogP contribution is -2.32. The molecule has 6 nitrogen and oxygen atoms in total. The van der Waals surface area contributed by atoms with Crippen molar-refractivity contribution in [3.8, 4) is 0 Å². The fourth-order valence-corrected chi connectivity index (χ4v) is 2.02. The molecule has 0 bridgehead atoms. The van der Waals surface area contributed by atoms with Gasteiger partial charge in [0.2, 0.25) is 11.8 Å². The van der Waals surface area contributed by atoms with Crippen molar-refractivity contribution in [2.45, 2.75) is 53.5 Å². The van der Waals surface area contributed by atoms with Crippen molar-refractivity contribution >= 4 is 11.8 Å². The third-order valence-electron chi connectivity index (χ3n) is 3.08. The number of carbonyl (C=O) groups excluding carboxylic acids is 2. The molecule has 0 saturated carbocycles. The molecule has 22 heavy (non-hydrogen) atoms. The van der Waals surface area contributed by atoms with Crippen LogP contribution in [-0.2, 0) is 11.3 Å². The van der Waals surface area contributed by atoms with Crippen LogP contribution in [0.3, 0.4) is 0 Å². The summed E-state index contributed by atoms with van der Waals surface area (Å²) in [4.78, 5) is 29.9. The summed E-state index contributed by atoms with van der Waals surface area (Å²) < 4.78 is 5.33. The van der Waals surface area contributed by atoms with Gasteiger partial charge in [-0.15, -0.1) is 0 Å². The average Bonchev–Trinajstić information content (AvgIpc) is 2.92. The van der Waals surface area contributed by atoms with Gasteiger partial charge in [-0.1, -0.05) is 27.7 Å². The molecule has 1 aromatic heterocycles. The summed E-state index contributed by atoms with van der Waals surface area (Å²) in [5.41, 5.74) is 0.260. The molecule has 0 aromatic carbocycles. The Hall–Kier alpha value is -1.85. The monoisotopic (exact) mass is 309 g/mol. The van der Waals surface area contributed by atoms with Crippen LogP contribution in [0.4, 0.5) is 0 Å². The molecule has 124 valence electrons. The Morgan fingerprint density at radius 3 is 2.64 bits per heavy atom. The summed E-state index contributed by atoms with van der Waals surface area (Å²) in [5.74, 6) is 0.554. The molecule has 0 aliphatic rings. The number of nitrogens with one attached hydrogen (secondary N) is 1. The minimum absolute atomic E-state index is 0.0898. The van der Waals surface area contributed by atoms with Gasteiger partial charge >= 0.3 is 0 Å². The minimum Gasteiger partial charge on any atom is -0.446 e. The molecule has 0 aliphatic heterocycles. The summed E-state index contributed by atoms with van der Waals surface area (Å²) in [6, 6.07) is 0. The normalized spacial score (nSPS) is 10.8. The Bertz CT molecular complexity index is 483. The van der Waals surface area contributed by atoms with E-state index in [1.54, 1.807) is 4.90 Å². The predicted octanol–water partition coefficient (Wildman–Crippen LogP) is 2.60. The lowest BCUT2D eigenvalue weighted by atomic mass is 10.1. The molecule has 0 atom stereocenters. The van der Waals surface area contributed by atoms with E-state index in [0.29, 0.717) is 37.9 Å². The molecular weight excluding hydrogens is 282 g/mol. The van der Waals surface area contributed by atoms with E-state index in [1.807, 2.05) is 27.7 Å². The van der Waals surface area contributed by atoms with Crippen molar-refractivity contribution in [3.05, 3.63) is 17.8 Å². The van der Waals surface area contributed by atoms with Gasteiger partial charge in [0.25, 0.3) is 5.91 Å². The second-order valence-electron chi connectivity index (χ2n) is 5.80. The summed E-state index contributed by atoms with van der Waals surface area (Å²) in [6.45, 7) is 9.61. The molecule has 1 rings (SSSR count). The minimum atomic E-state index is -0.243. The highest BCUT2D eigenvalue weighted by molar-refractivity contribution is 5.91. The van der Waals surface area contributed by atoms with Crippen molar-refractivity contribution in [1.82, 2.24) is 15.2 Å². The first kappa shape index (κ1) is 18.2. The Morgan fingerprint density at radius 2 is 2.05 bits per heavy atom. The quantitative estimate of drug-likeness (QED) is 0.761. The van der Waals surface area contributed by atoms with Gasteiger partial charge in [0.1, 0.15) is 6.26 Å². The van der Waals surface area contributed by atoms with Crippen molar-refractivity contribution in [2.75, 3.05) is 13.1 Å². The van der Waals surface area contributed by atoms with E-state index < -0.39 is 0 Å². The van der Waals surface area contributed by atoms with E-state index in [1.165, 1.54) is 6.26 Å². The second-order valence-corrected chi connectivity index (χ2v) is 5.80. The first-order valence-electron chi connectivity index (χ1n) is 7.98. The lowest BCUT2D eigenvalue weighted by molar-refractivity contribution is -0.132. The van der Waals surface area contributed by atoms with E-state index in [9.17, 15) is 9.59 Å². The summed E-state index contributed by atoms with van der Waals surface area (Å²) in [6.07, 6.45) is 3.58. The van der Waals surface area contributed by atoms with Crippen LogP contribution < -0.4 is 5.32 Å². The molecule has 0 spiro atoms. The van der Waals surface area contributed by atoms with Gasteiger partial charge in [-0.3, -0.25) is 9.59 Å². The smallest absolute Gasteiger partial charge is 0.273 e. The topological polar surface area (TPSA) is 75.4 Å². The molecule has 0 fully saturated rings. The second kappa shape index (κ2) is 9.23. The van der Waals surface area contributed by atoms with Crippen LogP contribution in [0.1, 0.15) is 63.3 Å². The summed E-state index contributed by atoms with van der Waals surface area (Å²) in [7, 11) is 0. The fraction of sp³-hybridized carbons (Fsp3) is 0.688. The molecule has 0 radical (unpaired) electrons. The number of nitrogens with zero attached hydrogens (tertiary/aromatic N) is 2. The maximum absolute atomic E-state index is 12.2.